The molecule has 124 valence electrons. The number of amides is 1. The Bertz CT molecular complexity index is 725. The molecule has 0 saturated carbocycles. The number of hydrogen-bond acceptors (Lipinski definition) is 6. The van der Waals surface area contributed by atoms with Crippen molar-refractivity contribution in [3.63, 3.8) is 0 Å². The summed E-state index contributed by atoms with van der Waals surface area (Å²) in [5.74, 6) is -0.392. The van der Waals surface area contributed by atoms with Gasteiger partial charge in [-0.25, -0.2) is 21.6 Å². The van der Waals surface area contributed by atoms with Crippen LogP contribution in [0.25, 0.3) is 0 Å². The molecule has 1 saturated heterocycles. The lowest BCUT2D eigenvalue weighted by Crippen LogP contribution is -2.46. The van der Waals surface area contributed by atoms with E-state index >= 15 is 0 Å². The first kappa shape index (κ1) is 17.4. The van der Waals surface area contributed by atoms with E-state index in [0.29, 0.717) is 13.0 Å². The summed E-state index contributed by atoms with van der Waals surface area (Å²) in [7, 11) is -6.79. The Labute approximate surface area is 134 Å². The smallest absolute Gasteiger partial charge is 0.250 e. The van der Waals surface area contributed by atoms with Crippen LogP contribution < -0.4 is 4.72 Å². The third kappa shape index (κ3) is 4.06. The first-order chi connectivity index (χ1) is 10.2. The fourth-order valence-electron chi connectivity index (χ4n) is 2.41. The Hall–Kier alpha value is -0.970. The van der Waals surface area contributed by atoms with Crippen molar-refractivity contribution < 1.29 is 21.6 Å². The number of sulfone groups is 1. The molecule has 22 heavy (non-hydrogen) atoms. The van der Waals surface area contributed by atoms with Crippen LogP contribution in [-0.4, -0.2) is 58.3 Å². The molecule has 0 spiro atoms. The summed E-state index contributed by atoms with van der Waals surface area (Å²) in [6, 6.07) is 2.70. The number of rotatable bonds is 6. The summed E-state index contributed by atoms with van der Waals surface area (Å²) in [4.78, 5) is 13.6. The van der Waals surface area contributed by atoms with E-state index in [-0.39, 0.29) is 28.3 Å². The molecular weight excluding hydrogens is 348 g/mol. The summed E-state index contributed by atoms with van der Waals surface area (Å²) < 4.78 is 49.4. The van der Waals surface area contributed by atoms with Gasteiger partial charge in [-0.05, 0) is 24.8 Å². The minimum Gasteiger partial charge on any atom is -0.338 e. The zero-order valence-electron chi connectivity index (χ0n) is 12.1. The molecule has 1 fully saturated rings. The van der Waals surface area contributed by atoms with Crippen molar-refractivity contribution in [2.24, 2.45) is 0 Å². The first-order valence-corrected chi connectivity index (χ1v) is 11.0. The number of nitrogens with one attached hydrogen (secondary N) is 1. The van der Waals surface area contributed by atoms with E-state index in [9.17, 15) is 21.6 Å². The minimum atomic E-state index is -3.70. The van der Waals surface area contributed by atoms with Crippen molar-refractivity contribution in [2.75, 3.05) is 24.6 Å². The Morgan fingerprint density at radius 2 is 2.23 bits per heavy atom. The zero-order valence-corrected chi connectivity index (χ0v) is 14.5. The van der Waals surface area contributed by atoms with Crippen LogP contribution in [0.3, 0.4) is 0 Å². The third-order valence-electron chi connectivity index (χ3n) is 3.48. The number of likely N-dealkylation sites (N-methyl/N-ethyl adjacent to an activating group) is 1. The van der Waals surface area contributed by atoms with Gasteiger partial charge >= 0.3 is 0 Å². The molecule has 2 rings (SSSR count). The molecule has 10 heteroatoms. The van der Waals surface area contributed by atoms with E-state index in [1.165, 1.54) is 11.0 Å². The lowest BCUT2D eigenvalue weighted by Gasteiger charge is -2.26. The summed E-state index contributed by atoms with van der Waals surface area (Å²) in [6.45, 7) is 1.72. The number of nitrogens with zero attached hydrogens (tertiary/aromatic N) is 1. The Morgan fingerprint density at radius 1 is 1.50 bits per heavy atom. The quantitative estimate of drug-likeness (QED) is 0.767. The van der Waals surface area contributed by atoms with Crippen molar-refractivity contribution in [3.05, 3.63) is 17.5 Å². The molecule has 1 aromatic heterocycles. The molecule has 0 aliphatic carbocycles. The van der Waals surface area contributed by atoms with E-state index in [1.807, 2.05) is 0 Å². The number of carbonyl (C=O) groups is 1. The Balaban J connectivity index is 1.99. The largest absolute Gasteiger partial charge is 0.338 e. The van der Waals surface area contributed by atoms with Crippen LogP contribution in [0.4, 0.5) is 0 Å². The summed E-state index contributed by atoms with van der Waals surface area (Å²) in [6.07, 6.45) is 0.402. The zero-order chi connectivity index (χ0) is 16.4. The lowest BCUT2D eigenvalue weighted by atomic mass is 10.2. The van der Waals surface area contributed by atoms with Crippen molar-refractivity contribution in [1.29, 1.82) is 0 Å². The molecule has 1 unspecified atom stereocenters. The van der Waals surface area contributed by atoms with Gasteiger partial charge in [0.05, 0.1) is 18.1 Å². The summed E-state index contributed by atoms with van der Waals surface area (Å²) in [5, 5.41) is 1.64. The van der Waals surface area contributed by atoms with Crippen LogP contribution in [0.15, 0.2) is 21.7 Å². The summed E-state index contributed by atoms with van der Waals surface area (Å²) in [5.41, 5.74) is 0. The van der Waals surface area contributed by atoms with E-state index in [1.54, 1.807) is 18.4 Å². The van der Waals surface area contributed by atoms with Gasteiger partial charge in [-0.1, -0.05) is 6.07 Å². The highest BCUT2D eigenvalue weighted by Crippen LogP contribution is 2.18. The van der Waals surface area contributed by atoms with Crippen LogP contribution in [-0.2, 0) is 24.7 Å². The van der Waals surface area contributed by atoms with Gasteiger partial charge in [-0.15, -0.1) is 11.3 Å². The molecule has 1 aliphatic heterocycles. The molecule has 2 heterocycles. The predicted octanol–water partition coefficient (Wildman–Crippen LogP) is 0.0620. The summed E-state index contributed by atoms with van der Waals surface area (Å²) >= 11 is 1.07. The predicted molar refractivity (Wildman–Crippen MR) is 84.0 cm³/mol. The number of thiophene rings is 1. The molecule has 1 N–H and O–H groups in total. The van der Waals surface area contributed by atoms with Gasteiger partial charge in [0.15, 0.2) is 9.84 Å². The van der Waals surface area contributed by atoms with Crippen LogP contribution in [0.2, 0.25) is 0 Å². The lowest BCUT2D eigenvalue weighted by molar-refractivity contribution is -0.131. The topological polar surface area (TPSA) is 101 Å². The van der Waals surface area contributed by atoms with Crippen LogP contribution in [0, 0.1) is 0 Å². The highest BCUT2D eigenvalue weighted by Gasteiger charge is 2.34. The molecular formula is C12H18N2O5S3. The second kappa shape index (κ2) is 6.65. The van der Waals surface area contributed by atoms with Gasteiger partial charge in [0.2, 0.25) is 5.91 Å². The maximum Gasteiger partial charge on any atom is 0.250 e. The molecule has 1 aromatic rings. The van der Waals surface area contributed by atoms with Crippen LogP contribution in [0.1, 0.15) is 13.3 Å². The maximum atomic E-state index is 12.2. The molecule has 0 aromatic carbocycles. The number of sulfonamides is 1. The van der Waals surface area contributed by atoms with Crippen molar-refractivity contribution >= 4 is 37.1 Å². The average molecular weight is 366 g/mol. The first-order valence-electron chi connectivity index (χ1n) is 6.78. The minimum absolute atomic E-state index is 0.0513. The molecule has 1 aliphatic rings. The van der Waals surface area contributed by atoms with Crippen molar-refractivity contribution in [3.8, 4) is 0 Å². The van der Waals surface area contributed by atoms with E-state index in [0.717, 1.165) is 11.3 Å². The van der Waals surface area contributed by atoms with E-state index < -0.39 is 25.8 Å². The maximum absolute atomic E-state index is 12.2. The van der Waals surface area contributed by atoms with Gasteiger partial charge < -0.3 is 4.90 Å². The van der Waals surface area contributed by atoms with Gasteiger partial charge in [0.1, 0.15) is 4.21 Å². The van der Waals surface area contributed by atoms with Gasteiger partial charge in [0, 0.05) is 12.6 Å². The highest BCUT2D eigenvalue weighted by atomic mass is 32.2. The monoisotopic (exact) mass is 366 g/mol. The van der Waals surface area contributed by atoms with Gasteiger partial charge in [0.25, 0.3) is 10.0 Å². The second-order valence-electron chi connectivity index (χ2n) is 4.99. The molecule has 1 amide bonds. The normalized spacial score (nSPS) is 20.9. The van der Waals surface area contributed by atoms with Crippen LogP contribution >= 0.6 is 11.3 Å². The van der Waals surface area contributed by atoms with E-state index in [2.05, 4.69) is 4.72 Å². The molecule has 0 bridgehead atoms. The van der Waals surface area contributed by atoms with E-state index in [4.69, 9.17) is 0 Å². The van der Waals surface area contributed by atoms with Gasteiger partial charge in [-0.3, -0.25) is 4.79 Å². The average Bonchev–Trinajstić information content (AvgIpc) is 3.07. The van der Waals surface area contributed by atoms with Crippen molar-refractivity contribution in [2.45, 2.75) is 23.6 Å². The van der Waals surface area contributed by atoms with Crippen LogP contribution in [0.5, 0.6) is 0 Å². The Morgan fingerprint density at radius 3 is 2.73 bits per heavy atom. The standard InChI is InChI=1S/C12H18N2O5S3/c1-2-14(10-5-7-21(16,17)9-10)11(15)8-13-22(18,19)12-4-3-6-20-12/h3-4,6,10,13H,2,5,7-9H2,1H3. The van der Waals surface area contributed by atoms with Gasteiger partial charge in [-0.2, -0.15) is 0 Å². The third-order valence-corrected chi connectivity index (χ3v) is 8.03. The molecule has 1 atom stereocenters. The molecule has 7 nitrogen and oxygen atoms in total. The second-order valence-corrected chi connectivity index (χ2v) is 10.2. The highest BCUT2D eigenvalue weighted by molar-refractivity contribution is 7.91. The fraction of sp³-hybridized carbons (Fsp3) is 0.583. The number of carbonyl (C=O) groups excluding carboxylic acids is 1. The Kier molecular flexibility index (Phi) is 5.25. The fourth-order valence-corrected chi connectivity index (χ4v) is 6.15. The molecule has 0 radical (unpaired) electrons. The van der Waals surface area contributed by atoms with Crippen molar-refractivity contribution in [1.82, 2.24) is 9.62 Å². The number of hydrogen-bond donors (Lipinski definition) is 1. The SMILES string of the molecule is CCN(C(=O)CNS(=O)(=O)c1cccs1)C1CCS(=O)(=O)C1.